The summed E-state index contributed by atoms with van der Waals surface area (Å²) in [6, 6.07) is 3.29. The molecule has 0 unspecified atom stereocenters. The van der Waals surface area contributed by atoms with Gasteiger partial charge >= 0.3 is 0 Å². The van der Waals surface area contributed by atoms with Crippen LogP contribution in [-0.2, 0) is 5.41 Å². The van der Waals surface area contributed by atoms with Crippen LogP contribution in [0, 0.1) is 5.82 Å². The van der Waals surface area contributed by atoms with E-state index in [1.165, 1.54) is 7.11 Å². The van der Waals surface area contributed by atoms with E-state index in [9.17, 15) is 9.50 Å². The van der Waals surface area contributed by atoms with Crippen LogP contribution in [0.15, 0.2) is 12.1 Å². The lowest BCUT2D eigenvalue weighted by Crippen LogP contribution is -2.33. The average molecular weight is 239 g/mol. The van der Waals surface area contributed by atoms with Gasteiger partial charge in [0.1, 0.15) is 0 Å². The highest BCUT2D eigenvalue weighted by Crippen LogP contribution is 2.44. The summed E-state index contributed by atoms with van der Waals surface area (Å²) in [5.41, 5.74) is 6.02. The summed E-state index contributed by atoms with van der Waals surface area (Å²) < 4.78 is 19.0. The third-order valence-electron chi connectivity index (χ3n) is 3.82. The van der Waals surface area contributed by atoms with Crippen molar-refractivity contribution in [2.45, 2.75) is 31.1 Å². The van der Waals surface area contributed by atoms with Gasteiger partial charge in [-0.05, 0) is 24.5 Å². The van der Waals surface area contributed by atoms with Crippen LogP contribution in [0.1, 0.15) is 31.2 Å². The van der Waals surface area contributed by atoms with Crippen molar-refractivity contribution in [1.82, 2.24) is 0 Å². The number of phenols is 1. The fraction of sp³-hybridized carbons (Fsp3) is 0.538. The lowest BCUT2D eigenvalue weighted by Gasteiger charge is -2.28. The molecule has 1 aromatic rings. The maximum atomic E-state index is 14.1. The lowest BCUT2D eigenvalue weighted by atomic mass is 9.78. The fourth-order valence-corrected chi connectivity index (χ4v) is 2.76. The predicted octanol–water partition coefficient (Wildman–Crippen LogP) is 2.31. The number of nitrogens with two attached hydrogens (primary N) is 1. The molecule has 0 aliphatic heterocycles. The molecule has 0 radical (unpaired) electrons. The van der Waals surface area contributed by atoms with E-state index in [1.54, 1.807) is 12.1 Å². The SMILES string of the molecule is COc1ccc(C2(CN)CCCC2)c(F)c1O. The van der Waals surface area contributed by atoms with E-state index in [-0.39, 0.29) is 11.2 Å². The summed E-state index contributed by atoms with van der Waals surface area (Å²) in [6.45, 7) is 0.412. The molecule has 94 valence electrons. The highest BCUT2D eigenvalue weighted by molar-refractivity contribution is 5.46. The summed E-state index contributed by atoms with van der Waals surface area (Å²) in [5.74, 6) is -0.835. The molecule has 0 spiro atoms. The van der Waals surface area contributed by atoms with E-state index in [1.807, 2.05) is 0 Å². The first kappa shape index (κ1) is 12.2. The zero-order valence-electron chi connectivity index (χ0n) is 10.0. The summed E-state index contributed by atoms with van der Waals surface area (Å²) in [6.07, 6.45) is 3.88. The van der Waals surface area contributed by atoms with Crippen molar-refractivity contribution in [3.05, 3.63) is 23.5 Å². The van der Waals surface area contributed by atoms with E-state index < -0.39 is 11.6 Å². The number of aromatic hydroxyl groups is 1. The quantitative estimate of drug-likeness (QED) is 0.851. The minimum absolute atomic E-state index is 0.163. The number of benzene rings is 1. The third kappa shape index (κ3) is 1.86. The zero-order chi connectivity index (χ0) is 12.5. The Morgan fingerprint density at radius 2 is 2.06 bits per heavy atom. The van der Waals surface area contributed by atoms with Crippen molar-refractivity contribution in [2.24, 2.45) is 5.73 Å². The van der Waals surface area contributed by atoms with Crippen molar-refractivity contribution >= 4 is 0 Å². The molecule has 0 atom stereocenters. The number of rotatable bonds is 3. The van der Waals surface area contributed by atoms with E-state index in [2.05, 4.69) is 0 Å². The molecule has 0 saturated heterocycles. The van der Waals surface area contributed by atoms with Gasteiger partial charge in [-0.3, -0.25) is 0 Å². The second-order valence-electron chi connectivity index (χ2n) is 4.67. The molecular formula is C13H18FNO2. The van der Waals surface area contributed by atoms with Gasteiger partial charge in [0, 0.05) is 12.0 Å². The Kier molecular flexibility index (Phi) is 3.24. The summed E-state index contributed by atoms with van der Waals surface area (Å²) >= 11 is 0. The Bertz CT molecular complexity index is 414. The van der Waals surface area contributed by atoms with E-state index in [0.717, 1.165) is 25.7 Å². The molecule has 1 saturated carbocycles. The topological polar surface area (TPSA) is 55.5 Å². The smallest absolute Gasteiger partial charge is 0.194 e. The minimum Gasteiger partial charge on any atom is -0.502 e. The Labute approximate surface area is 100 Å². The van der Waals surface area contributed by atoms with Gasteiger partial charge in [-0.1, -0.05) is 18.9 Å². The number of hydrogen-bond acceptors (Lipinski definition) is 3. The van der Waals surface area contributed by atoms with Gasteiger partial charge in [-0.15, -0.1) is 0 Å². The standard InChI is InChI=1S/C13H18FNO2/c1-17-10-5-4-9(11(14)12(10)16)13(8-15)6-2-3-7-13/h4-5,16H,2-3,6-8,15H2,1H3. The largest absolute Gasteiger partial charge is 0.502 e. The molecule has 1 aromatic carbocycles. The minimum atomic E-state index is -0.586. The molecule has 2 rings (SSSR count). The van der Waals surface area contributed by atoms with Gasteiger partial charge < -0.3 is 15.6 Å². The van der Waals surface area contributed by atoms with Gasteiger partial charge in [-0.2, -0.15) is 0 Å². The lowest BCUT2D eigenvalue weighted by molar-refractivity contribution is 0.346. The van der Waals surface area contributed by atoms with Crippen molar-refractivity contribution in [1.29, 1.82) is 0 Å². The van der Waals surface area contributed by atoms with Crippen LogP contribution < -0.4 is 10.5 Å². The normalized spacial score (nSPS) is 18.3. The molecule has 4 heteroatoms. The van der Waals surface area contributed by atoms with Crippen LogP contribution in [0.5, 0.6) is 11.5 Å². The molecule has 1 fully saturated rings. The Morgan fingerprint density at radius 3 is 2.59 bits per heavy atom. The molecule has 3 nitrogen and oxygen atoms in total. The summed E-state index contributed by atoms with van der Waals surface area (Å²) in [5, 5.41) is 9.71. The first-order valence-electron chi connectivity index (χ1n) is 5.90. The average Bonchev–Trinajstić information content (AvgIpc) is 2.82. The van der Waals surface area contributed by atoms with E-state index >= 15 is 0 Å². The highest BCUT2D eigenvalue weighted by atomic mass is 19.1. The highest BCUT2D eigenvalue weighted by Gasteiger charge is 2.37. The van der Waals surface area contributed by atoms with Crippen LogP contribution in [0.2, 0.25) is 0 Å². The van der Waals surface area contributed by atoms with Gasteiger partial charge in [0.2, 0.25) is 0 Å². The van der Waals surface area contributed by atoms with Crippen molar-refractivity contribution in [3.63, 3.8) is 0 Å². The molecule has 0 amide bonds. The van der Waals surface area contributed by atoms with Gasteiger partial charge in [0.15, 0.2) is 17.3 Å². The molecule has 17 heavy (non-hydrogen) atoms. The van der Waals surface area contributed by atoms with Crippen molar-refractivity contribution in [3.8, 4) is 11.5 Å². The monoisotopic (exact) mass is 239 g/mol. The van der Waals surface area contributed by atoms with Crippen LogP contribution in [0.4, 0.5) is 4.39 Å². The van der Waals surface area contributed by atoms with Crippen LogP contribution in [0.25, 0.3) is 0 Å². The van der Waals surface area contributed by atoms with Crippen LogP contribution in [-0.4, -0.2) is 18.8 Å². The fourth-order valence-electron chi connectivity index (χ4n) is 2.76. The van der Waals surface area contributed by atoms with Crippen LogP contribution >= 0.6 is 0 Å². The Hall–Kier alpha value is -1.29. The predicted molar refractivity (Wildman–Crippen MR) is 63.8 cm³/mol. The maximum absolute atomic E-state index is 14.1. The zero-order valence-corrected chi connectivity index (χ0v) is 10.0. The Balaban J connectivity index is 2.48. The molecule has 1 aliphatic carbocycles. The second-order valence-corrected chi connectivity index (χ2v) is 4.67. The first-order valence-corrected chi connectivity index (χ1v) is 5.90. The molecule has 3 N–H and O–H groups in total. The number of hydrogen-bond donors (Lipinski definition) is 2. The molecule has 0 aromatic heterocycles. The van der Waals surface area contributed by atoms with Crippen LogP contribution in [0.3, 0.4) is 0 Å². The molecule has 1 aliphatic rings. The second kappa shape index (κ2) is 4.53. The summed E-state index contributed by atoms with van der Waals surface area (Å²) in [7, 11) is 1.41. The molecular weight excluding hydrogens is 221 g/mol. The number of halogens is 1. The molecule has 0 heterocycles. The van der Waals surface area contributed by atoms with Gasteiger partial charge in [-0.25, -0.2) is 4.39 Å². The number of methoxy groups -OCH3 is 1. The van der Waals surface area contributed by atoms with Gasteiger partial charge in [0.05, 0.1) is 7.11 Å². The van der Waals surface area contributed by atoms with E-state index in [4.69, 9.17) is 10.5 Å². The third-order valence-corrected chi connectivity index (χ3v) is 3.82. The Morgan fingerprint density at radius 1 is 1.41 bits per heavy atom. The number of phenolic OH excluding ortho intramolecular Hbond substituents is 1. The first-order chi connectivity index (χ1) is 8.14. The van der Waals surface area contributed by atoms with Crippen molar-refractivity contribution in [2.75, 3.05) is 13.7 Å². The van der Waals surface area contributed by atoms with Gasteiger partial charge in [0.25, 0.3) is 0 Å². The maximum Gasteiger partial charge on any atom is 0.194 e. The number of ether oxygens (including phenoxy) is 1. The van der Waals surface area contributed by atoms with Crippen molar-refractivity contribution < 1.29 is 14.2 Å². The summed E-state index contributed by atoms with van der Waals surface area (Å²) in [4.78, 5) is 0. The van der Waals surface area contributed by atoms with E-state index in [0.29, 0.717) is 12.1 Å². The molecule has 0 bridgehead atoms.